The van der Waals surface area contributed by atoms with E-state index in [9.17, 15) is 13.2 Å². The minimum atomic E-state index is -4.66. The number of anilines is 1. The molecule has 7 nitrogen and oxygen atoms in total. The zero-order valence-corrected chi connectivity index (χ0v) is 8.18. The van der Waals surface area contributed by atoms with Crippen molar-refractivity contribution in [3.8, 4) is 5.82 Å². The van der Waals surface area contributed by atoms with Crippen LogP contribution in [0.2, 0.25) is 0 Å². The molecule has 0 aromatic carbocycles. The average Bonchev–Trinajstić information content (AvgIpc) is 2.80. The lowest BCUT2D eigenvalue weighted by Crippen LogP contribution is -2.17. The van der Waals surface area contributed by atoms with Gasteiger partial charge in [0.25, 0.3) is 0 Å². The first-order chi connectivity index (χ1) is 8.00. The van der Waals surface area contributed by atoms with Gasteiger partial charge in [-0.2, -0.15) is 18.3 Å². The van der Waals surface area contributed by atoms with Crippen LogP contribution in [-0.2, 0) is 6.18 Å². The molecule has 0 unspecified atom stereocenters. The third-order valence-corrected chi connectivity index (χ3v) is 1.77. The normalized spacial score (nSPS) is 11.5. The zero-order valence-electron chi connectivity index (χ0n) is 8.18. The molecule has 17 heavy (non-hydrogen) atoms. The molecule has 2 rings (SSSR count). The topological polar surface area (TPSA) is 94.5 Å². The Kier molecular flexibility index (Phi) is 2.63. The van der Waals surface area contributed by atoms with Gasteiger partial charge in [-0.3, -0.25) is 0 Å². The summed E-state index contributed by atoms with van der Waals surface area (Å²) in [4.78, 5) is 10.1. The van der Waals surface area contributed by atoms with E-state index in [4.69, 9.17) is 5.84 Å². The summed E-state index contributed by atoms with van der Waals surface area (Å²) >= 11 is 0. The van der Waals surface area contributed by atoms with Crippen LogP contribution in [0, 0.1) is 0 Å². The Morgan fingerprint density at radius 2 is 2.06 bits per heavy atom. The SMILES string of the molecule is NNc1cc(-n2cncn2)nc(C(F)(F)F)n1. The molecule has 0 amide bonds. The van der Waals surface area contributed by atoms with E-state index >= 15 is 0 Å². The number of hydrogen-bond donors (Lipinski definition) is 2. The Hall–Kier alpha value is -2.23. The number of rotatable bonds is 2. The molecule has 2 aromatic heterocycles. The molecule has 2 heterocycles. The van der Waals surface area contributed by atoms with Crippen LogP contribution in [0.5, 0.6) is 0 Å². The largest absolute Gasteiger partial charge is 0.451 e. The maximum atomic E-state index is 12.5. The zero-order chi connectivity index (χ0) is 12.5. The molecule has 0 aliphatic heterocycles. The quantitative estimate of drug-likeness (QED) is 0.586. The van der Waals surface area contributed by atoms with E-state index in [1.807, 2.05) is 5.43 Å². The molecule has 0 atom stereocenters. The Morgan fingerprint density at radius 3 is 2.59 bits per heavy atom. The van der Waals surface area contributed by atoms with Crippen molar-refractivity contribution in [2.75, 3.05) is 5.43 Å². The maximum Gasteiger partial charge on any atom is 0.451 e. The summed E-state index contributed by atoms with van der Waals surface area (Å²) in [6.07, 6.45) is -2.28. The standard InChI is InChI=1S/C7H6F3N7/c8-7(9,10)6-14-4(16-11)1-5(15-6)17-3-12-2-13-17/h1-3H,11H2,(H,14,15,16). The monoisotopic (exact) mass is 245 g/mol. The molecule has 0 saturated carbocycles. The molecule has 0 saturated heterocycles. The highest BCUT2D eigenvalue weighted by molar-refractivity contribution is 5.40. The first kappa shape index (κ1) is 11.3. The number of hydrogen-bond acceptors (Lipinski definition) is 6. The highest BCUT2D eigenvalue weighted by Crippen LogP contribution is 2.27. The number of nitrogens with zero attached hydrogens (tertiary/aromatic N) is 5. The van der Waals surface area contributed by atoms with Gasteiger partial charge in [0, 0.05) is 6.07 Å². The van der Waals surface area contributed by atoms with Gasteiger partial charge in [0.05, 0.1) is 0 Å². The predicted molar refractivity (Wildman–Crippen MR) is 49.8 cm³/mol. The summed E-state index contributed by atoms with van der Waals surface area (Å²) in [5.41, 5.74) is 2.03. The number of nitrogens with two attached hydrogens (primary N) is 1. The van der Waals surface area contributed by atoms with Crippen molar-refractivity contribution in [2.45, 2.75) is 6.18 Å². The van der Waals surface area contributed by atoms with Crippen LogP contribution >= 0.6 is 0 Å². The van der Waals surface area contributed by atoms with E-state index < -0.39 is 12.0 Å². The predicted octanol–water partition coefficient (Wildman–Crippen LogP) is 0.362. The minimum Gasteiger partial charge on any atom is -0.308 e. The molecule has 3 N–H and O–H groups in total. The van der Waals surface area contributed by atoms with Crippen LogP contribution in [0.3, 0.4) is 0 Å². The minimum absolute atomic E-state index is 0.0854. The highest BCUT2D eigenvalue weighted by atomic mass is 19.4. The summed E-state index contributed by atoms with van der Waals surface area (Å²) < 4.78 is 38.5. The van der Waals surface area contributed by atoms with Gasteiger partial charge in [0.1, 0.15) is 18.5 Å². The van der Waals surface area contributed by atoms with Crippen molar-refractivity contribution < 1.29 is 13.2 Å². The van der Waals surface area contributed by atoms with Crippen molar-refractivity contribution in [1.29, 1.82) is 0 Å². The Morgan fingerprint density at radius 1 is 1.29 bits per heavy atom. The molecule has 0 bridgehead atoms. The van der Waals surface area contributed by atoms with E-state index in [-0.39, 0.29) is 11.6 Å². The molecule has 0 radical (unpaired) electrons. The van der Waals surface area contributed by atoms with Gasteiger partial charge in [0.2, 0.25) is 5.82 Å². The summed E-state index contributed by atoms with van der Waals surface area (Å²) in [6, 6.07) is 1.21. The van der Waals surface area contributed by atoms with Crippen LogP contribution in [0.1, 0.15) is 5.82 Å². The van der Waals surface area contributed by atoms with Gasteiger partial charge >= 0.3 is 6.18 Å². The number of aromatic nitrogens is 5. The second-order valence-corrected chi connectivity index (χ2v) is 2.92. The Bertz CT molecular complexity index is 507. The van der Waals surface area contributed by atoms with E-state index in [1.165, 1.54) is 18.7 Å². The van der Waals surface area contributed by atoms with Crippen molar-refractivity contribution in [2.24, 2.45) is 5.84 Å². The summed E-state index contributed by atoms with van der Waals surface area (Å²) in [5, 5.41) is 3.66. The van der Waals surface area contributed by atoms with Crippen molar-refractivity contribution in [3.05, 3.63) is 24.5 Å². The fraction of sp³-hybridized carbons (Fsp3) is 0.143. The second-order valence-electron chi connectivity index (χ2n) is 2.92. The van der Waals surface area contributed by atoms with Crippen molar-refractivity contribution in [1.82, 2.24) is 24.7 Å². The van der Waals surface area contributed by atoms with Crippen LogP contribution in [-0.4, -0.2) is 24.7 Å². The molecule has 0 spiro atoms. The molecule has 0 aliphatic rings. The number of hydrazine groups is 1. The third kappa shape index (κ3) is 2.30. The molecule has 10 heteroatoms. The molecular formula is C7H6F3N7. The first-order valence-corrected chi connectivity index (χ1v) is 4.28. The van der Waals surface area contributed by atoms with Crippen LogP contribution in [0.15, 0.2) is 18.7 Å². The lowest BCUT2D eigenvalue weighted by atomic mass is 10.5. The lowest BCUT2D eigenvalue weighted by Gasteiger charge is -2.09. The van der Waals surface area contributed by atoms with Gasteiger partial charge in [-0.25, -0.2) is 25.5 Å². The third-order valence-electron chi connectivity index (χ3n) is 1.77. The van der Waals surface area contributed by atoms with Gasteiger partial charge in [0.15, 0.2) is 5.82 Å². The smallest absolute Gasteiger partial charge is 0.308 e. The van der Waals surface area contributed by atoms with E-state index in [2.05, 4.69) is 20.1 Å². The molecule has 90 valence electrons. The molecule has 2 aromatic rings. The van der Waals surface area contributed by atoms with E-state index in [1.54, 1.807) is 0 Å². The van der Waals surface area contributed by atoms with Crippen LogP contribution in [0.25, 0.3) is 5.82 Å². The lowest BCUT2D eigenvalue weighted by molar-refractivity contribution is -0.144. The van der Waals surface area contributed by atoms with Crippen LogP contribution in [0.4, 0.5) is 19.0 Å². The molecule has 0 aliphatic carbocycles. The summed E-state index contributed by atoms with van der Waals surface area (Å²) in [7, 11) is 0. The number of nitrogen functional groups attached to an aromatic ring is 1. The van der Waals surface area contributed by atoms with Crippen LogP contribution < -0.4 is 11.3 Å². The van der Waals surface area contributed by atoms with Gasteiger partial charge in [-0.1, -0.05) is 0 Å². The van der Waals surface area contributed by atoms with Gasteiger partial charge in [-0.05, 0) is 0 Å². The van der Waals surface area contributed by atoms with E-state index in [0.29, 0.717) is 0 Å². The van der Waals surface area contributed by atoms with Gasteiger partial charge in [-0.15, -0.1) is 0 Å². The van der Waals surface area contributed by atoms with Gasteiger partial charge < -0.3 is 5.43 Å². The highest BCUT2D eigenvalue weighted by Gasteiger charge is 2.35. The van der Waals surface area contributed by atoms with Crippen molar-refractivity contribution >= 4 is 5.82 Å². The van der Waals surface area contributed by atoms with Crippen molar-refractivity contribution in [3.63, 3.8) is 0 Å². The first-order valence-electron chi connectivity index (χ1n) is 4.28. The molecular weight excluding hydrogens is 239 g/mol. The fourth-order valence-electron chi connectivity index (χ4n) is 1.08. The Balaban J connectivity index is 2.54. The second kappa shape index (κ2) is 3.97. The Labute approximate surface area is 92.5 Å². The average molecular weight is 245 g/mol. The maximum absolute atomic E-state index is 12.5. The summed E-state index contributed by atoms with van der Waals surface area (Å²) in [5.74, 6) is 3.47. The summed E-state index contributed by atoms with van der Waals surface area (Å²) in [6.45, 7) is 0. The number of halogens is 3. The van der Waals surface area contributed by atoms with E-state index in [0.717, 1.165) is 4.68 Å². The number of alkyl halides is 3. The molecule has 0 fully saturated rings. The fourth-order valence-corrected chi connectivity index (χ4v) is 1.08. The number of nitrogens with one attached hydrogen (secondary N) is 1.